The Kier molecular flexibility index (Phi) is 6.65. The van der Waals surface area contributed by atoms with Crippen LogP contribution < -0.4 is 4.90 Å². The number of carbonyl (C=O) groups excluding carboxylic acids is 1. The molecule has 1 aromatic carbocycles. The lowest BCUT2D eigenvalue weighted by molar-refractivity contribution is -0.135. The normalized spacial score (nSPS) is 17.9. The predicted molar refractivity (Wildman–Crippen MR) is 118 cm³/mol. The van der Waals surface area contributed by atoms with E-state index in [1.54, 1.807) is 18.0 Å². The Morgan fingerprint density at radius 2 is 1.83 bits per heavy atom. The van der Waals surface area contributed by atoms with Gasteiger partial charge in [-0.3, -0.25) is 4.79 Å². The molecular weight excluding hydrogens is 406 g/mol. The third kappa shape index (κ3) is 4.99. The Hall–Kier alpha value is -1.90. The van der Waals surface area contributed by atoms with Crippen LogP contribution in [0.1, 0.15) is 23.3 Å². The Balaban J connectivity index is 1.65. The van der Waals surface area contributed by atoms with Crippen LogP contribution >= 0.6 is 11.3 Å². The number of benzene rings is 1. The summed E-state index contributed by atoms with van der Waals surface area (Å²) >= 11 is 1.28. The number of anilines is 1. The van der Waals surface area contributed by atoms with E-state index < -0.39 is 10.0 Å². The zero-order valence-electron chi connectivity index (χ0n) is 17.5. The molecule has 158 valence electrons. The molecule has 0 aliphatic carbocycles. The second-order valence-corrected chi connectivity index (χ2v) is 11.3. The summed E-state index contributed by atoms with van der Waals surface area (Å²) in [6, 6.07) is 11.6. The fourth-order valence-corrected chi connectivity index (χ4v) is 6.56. The Morgan fingerprint density at radius 1 is 1.14 bits per heavy atom. The zero-order valence-corrected chi connectivity index (χ0v) is 19.1. The summed E-state index contributed by atoms with van der Waals surface area (Å²) in [4.78, 5) is 17.7. The molecule has 1 amide bonds. The number of sulfonamides is 1. The van der Waals surface area contributed by atoms with Crippen LogP contribution in [0.4, 0.5) is 5.69 Å². The van der Waals surface area contributed by atoms with E-state index in [-0.39, 0.29) is 18.4 Å². The van der Waals surface area contributed by atoms with Gasteiger partial charge in [0.2, 0.25) is 5.91 Å². The van der Waals surface area contributed by atoms with Crippen molar-refractivity contribution in [1.82, 2.24) is 9.21 Å². The Labute approximate surface area is 177 Å². The molecule has 1 aromatic heterocycles. The molecule has 0 bridgehead atoms. The topological polar surface area (TPSA) is 60.9 Å². The molecule has 1 aliphatic rings. The fraction of sp³-hybridized carbons (Fsp3) is 0.476. The highest BCUT2D eigenvalue weighted by Gasteiger charge is 2.35. The lowest BCUT2D eigenvalue weighted by Gasteiger charge is -2.33. The number of piperidine rings is 1. The van der Waals surface area contributed by atoms with Crippen molar-refractivity contribution in [2.75, 3.05) is 39.1 Å². The number of thiophene rings is 1. The average molecular weight is 436 g/mol. The molecule has 1 atom stereocenters. The summed E-state index contributed by atoms with van der Waals surface area (Å²) in [5.74, 6) is -0.297. The van der Waals surface area contributed by atoms with Crippen LogP contribution in [-0.2, 0) is 21.4 Å². The maximum absolute atomic E-state index is 13.0. The molecule has 0 N–H and O–H groups in total. The van der Waals surface area contributed by atoms with Crippen LogP contribution in [0.25, 0.3) is 0 Å². The smallest absolute Gasteiger partial charge is 0.252 e. The number of aryl methyl sites for hydroxylation is 1. The standard InChI is InChI=1S/C21H29N3O3S2/c1-16-7-12-20(28-16)29(26,27)24-13-5-6-18(15-24)21(25)23(4)14-17-8-10-19(11-9-17)22(2)3/h7-12,18H,5-6,13-15H2,1-4H3. The maximum Gasteiger partial charge on any atom is 0.252 e. The molecule has 1 fully saturated rings. The van der Waals surface area contributed by atoms with E-state index in [9.17, 15) is 13.2 Å². The molecule has 3 rings (SSSR count). The predicted octanol–water partition coefficient (Wildman–Crippen LogP) is 3.18. The van der Waals surface area contributed by atoms with Crippen LogP contribution in [0.2, 0.25) is 0 Å². The number of hydrogen-bond donors (Lipinski definition) is 0. The van der Waals surface area contributed by atoms with Gasteiger partial charge in [0.25, 0.3) is 10.0 Å². The SMILES string of the molecule is Cc1ccc(S(=O)(=O)N2CCCC(C(=O)N(C)Cc3ccc(N(C)C)cc3)C2)s1. The van der Waals surface area contributed by atoms with E-state index in [1.165, 1.54) is 15.6 Å². The average Bonchev–Trinajstić information content (AvgIpc) is 3.15. The molecule has 0 radical (unpaired) electrons. The maximum atomic E-state index is 13.0. The van der Waals surface area contributed by atoms with Crippen LogP contribution in [-0.4, -0.2) is 57.8 Å². The van der Waals surface area contributed by atoms with Crippen LogP contribution in [0.15, 0.2) is 40.6 Å². The van der Waals surface area contributed by atoms with E-state index in [0.29, 0.717) is 23.7 Å². The van der Waals surface area contributed by atoms with Crippen molar-refractivity contribution in [3.8, 4) is 0 Å². The quantitative estimate of drug-likeness (QED) is 0.699. The van der Waals surface area contributed by atoms with E-state index >= 15 is 0 Å². The second-order valence-electron chi connectivity index (χ2n) is 7.82. The van der Waals surface area contributed by atoms with Crippen molar-refractivity contribution in [3.63, 3.8) is 0 Å². The van der Waals surface area contributed by atoms with Gasteiger partial charge in [-0.05, 0) is 49.6 Å². The monoisotopic (exact) mass is 435 g/mol. The first-order valence-electron chi connectivity index (χ1n) is 9.76. The highest BCUT2D eigenvalue weighted by molar-refractivity contribution is 7.91. The first kappa shape index (κ1) is 21.8. The van der Waals surface area contributed by atoms with Gasteiger partial charge in [-0.15, -0.1) is 11.3 Å². The van der Waals surface area contributed by atoms with Crippen LogP contribution in [0.3, 0.4) is 0 Å². The van der Waals surface area contributed by atoms with E-state index in [4.69, 9.17) is 0 Å². The summed E-state index contributed by atoms with van der Waals surface area (Å²) in [5, 5.41) is 0. The highest BCUT2D eigenvalue weighted by Crippen LogP contribution is 2.29. The van der Waals surface area contributed by atoms with E-state index in [0.717, 1.165) is 22.5 Å². The summed E-state index contributed by atoms with van der Waals surface area (Å²) in [7, 11) is 2.24. The van der Waals surface area contributed by atoms with Crippen LogP contribution in [0.5, 0.6) is 0 Å². The third-order valence-corrected chi connectivity index (χ3v) is 8.63. The van der Waals surface area contributed by atoms with Crippen molar-refractivity contribution in [2.24, 2.45) is 5.92 Å². The van der Waals surface area contributed by atoms with Crippen LogP contribution in [0, 0.1) is 12.8 Å². The summed E-state index contributed by atoms with van der Waals surface area (Å²) in [5.41, 5.74) is 2.17. The molecule has 0 spiro atoms. The van der Waals surface area contributed by atoms with Gasteiger partial charge in [-0.2, -0.15) is 4.31 Å². The molecule has 6 nitrogen and oxygen atoms in total. The van der Waals surface area contributed by atoms with Gasteiger partial charge >= 0.3 is 0 Å². The van der Waals surface area contributed by atoms with Gasteiger partial charge in [0, 0.05) is 51.3 Å². The van der Waals surface area contributed by atoms with E-state index in [1.807, 2.05) is 56.3 Å². The first-order valence-corrected chi connectivity index (χ1v) is 12.0. The first-order chi connectivity index (χ1) is 13.7. The number of nitrogens with zero attached hydrogens (tertiary/aromatic N) is 3. The van der Waals surface area contributed by atoms with Gasteiger partial charge in [-0.25, -0.2) is 8.42 Å². The lowest BCUT2D eigenvalue weighted by atomic mass is 9.98. The molecule has 2 aromatic rings. The fourth-order valence-electron chi connectivity index (χ4n) is 3.60. The largest absolute Gasteiger partial charge is 0.378 e. The molecule has 2 heterocycles. The van der Waals surface area contributed by atoms with Gasteiger partial charge in [0.15, 0.2) is 0 Å². The van der Waals surface area contributed by atoms with Crippen molar-refractivity contribution in [2.45, 2.75) is 30.5 Å². The van der Waals surface area contributed by atoms with Crippen molar-refractivity contribution in [3.05, 3.63) is 46.8 Å². The summed E-state index contributed by atoms with van der Waals surface area (Å²) in [6.07, 6.45) is 1.42. The number of rotatable bonds is 6. The molecule has 8 heteroatoms. The van der Waals surface area contributed by atoms with Gasteiger partial charge < -0.3 is 9.80 Å². The minimum Gasteiger partial charge on any atom is -0.378 e. The Morgan fingerprint density at radius 3 is 2.41 bits per heavy atom. The molecule has 1 saturated heterocycles. The molecule has 1 aliphatic heterocycles. The molecule has 0 saturated carbocycles. The van der Waals surface area contributed by atoms with Gasteiger partial charge in [0.05, 0.1) is 5.92 Å². The summed E-state index contributed by atoms with van der Waals surface area (Å²) in [6.45, 7) is 3.13. The van der Waals surface area contributed by atoms with Crippen molar-refractivity contribution < 1.29 is 13.2 Å². The van der Waals surface area contributed by atoms with Crippen molar-refractivity contribution in [1.29, 1.82) is 0 Å². The molecule has 29 heavy (non-hydrogen) atoms. The highest BCUT2D eigenvalue weighted by atomic mass is 32.2. The number of carbonyl (C=O) groups is 1. The molecular formula is C21H29N3O3S2. The van der Waals surface area contributed by atoms with Crippen molar-refractivity contribution >= 4 is 33.0 Å². The number of hydrogen-bond acceptors (Lipinski definition) is 5. The second kappa shape index (κ2) is 8.85. The molecule has 1 unspecified atom stereocenters. The summed E-state index contributed by atoms with van der Waals surface area (Å²) < 4.78 is 27.7. The minimum atomic E-state index is -3.53. The lowest BCUT2D eigenvalue weighted by Crippen LogP contribution is -2.45. The number of amides is 1. The third-order valence-electron chi connectivity index (χ3n) is 5.29. The van der Waals surface area contributed by atoms with E-state index in [2.05, 4.69) is 0 Å². The Bertz CT molecular complexity index is 952. The van der Waals surface area contributed by atoms with Gasteiger partial charge in [0.1, 0.15) is 4.21 Å². The zero-order chi connectivity index (χ0) is 21.2. The van der Waals surface area contributed by atoms with Gasteiger partial charge in [-0.1, -0.05) is 12.1 Å². The minimum absolute atomic E-state index is 0.00365.